The summed E-state index contributed by atoms with van der Waals surface area (Å²) in [6.07, 6.45) is 0. The first kappa shape index (κ1) is 31.1. The molecule has 55 heavy (non-hydrogen) atoms. The number of fused-ring (bicyclic) bond motifs is 3. The van der Waals surface area contributed by atoms with Crippen LogP contribution < -0.4 is 0 Å². The molecular weight excluding hydrogens is 669 g/mol. The van der Waals surface area contributed by atoms with Crippen molar-refractivity contribution < 1.29 is 1.37 Å². The summed E-state index contributed by atoms with van der Waals surface area (Å²) in [7, 11) is 0. The molecule has 2 heterocycles. The Balaban J connectivity index is 1.15. The van der Waals surface area contributed by atoms with Crippen molar-refractivity contribution >= 4 is 21.8 Å². The maximum absolute atomic E-state index is 10.0. The SMILES string of the molecule is [2H]c1c(-c2nc(-c3ccccc3)nc(-c3ccc(-c4cccc(-c5ccccc5)c4)cc3)n2)ccc(-c2ccccc2)c1-n1c2ccccc2c2ccccc21. The van der Waals surface area contributed by atoms with Gasteiger partial charge in [-0.3, -0.25) is 0 Å². The zero-order chi connectivity index (χ0) is 37.4. The lowest BCUT2D eigenvalue weighted by Gasteiger charge is -2.16. The topological polar surface area (TPSA) is 43.6 Å². The van der Waals surface area contributed by atoms with Crippen molar-refractivity contribution in [3.05, 3.63) is 206 Å². The molecule has 4 nitrogen and oxygen atoms in total. The molecule has 0 bridgehead atoms. The van der Waals surface area contributed by atoms with Gasteiger partial charge in [0.1, 0.15) is 0 Å². The Morgan fingerprint density at radius 2 is 0.727 bits per heavy atom. The lowest BCUT2D eigenvalue weighted by molar-refractivity contribution is 1.07. The van der Waals surface area contributed by atoms with E-state index in [1.807, 2.05) is 60.7 Å². The summed E-state index contributed by atoms with van der Waals surface area (Å²) < 4.78 is 12.3. The van der Waals surface area contributed by atoms with Crippen LogP contribution >= 0.6 is 0 Å². The lowest BCUT2D eigenvalue weighted by Crippen LogP contribution is -2.02. The predicted octanol–water partition coefficient (Wildman–Crippen LogP) is 13.0. The smallest absolute Gasteiger partial charge is 0.164 e. The summed E-state index contributed by atoms with van der Waals surface area (Å²) in [6, 6.07) is 69.0. The minimum atomic E-state index is 0.336. The molecule has 0 aliphatic rings. The van der Waals surface area contributed by atoms with E-state index >= 15 is 0 Å². The highest BCUT2D eigenvalue weighted by Gasteiger charge is 2.19. The van der Waals surface area contributed by atoms with Gasteiger partial charge < -0.3 is 4.57 Å². The molecule has 4 heteroatoms. The Morgan fingerprint density at radius 1 is 0.327 bits per heavy atom. The molecular formula is C51H34N4. The molecule has 10 rings (SSSR count). The van der Waals surface area contributed by atoms with Gasteiger partial charge >= 0.3 is 0 Å². The van der Waals surface area contributed by atoms with Crippen molar-refractivity contribution in [1.29, 1.82) is 0 Å². The Morgan fingerprint density at radius 3 is 1.31 bits per heavy atom. The molecule has 8 aromatic carbocycles. The maximum Gasteiger partial charge on any atom is 0.164 e. The van der Waals surface area contributed by atoms with Crippen LogP contribution in [0.5, 0.6) is 0 Å². The molecule has 0 spiro atoms. The summed E-state index contributed by atoms with van der Waals surface area (Å²) in [5.41, 5.74) is 11.8. The zero-order valence-electron chi connectivity index (χ0n) is 30.8. The van der Waals surface area contributed by atoms with Crippen LogP contribution in [-0.2, 0) is 0 Å². The van der Waals surface area contributed by atoms with Crippen LogP contribution in [0, 0.1) is 0 Å². The number of nitrogens with zero attached hydrogens (tertiary/aromatic N) is 4. The fourth-order valence-electron chi connectivity index (χ4n) is 7.47. The largest absolute Gasteiger partial charge is 0.309 e. The van der Waals surface area contributed by atoms with Crippen LogP contribution in [0.2, 0.25) is 0 Å². The van der Waals surface area contributed by atoms with Crippen molar-refractivity contribution in [1.82, 2.24) is 19.5 Å². The van der Waals surface area contributed by atoms with Crippen molar-refractivity contribution in [3.63, 3.8) is 0 Å². The van der Waals surface area contributed by atoms with Crippen LogP contribution in [0.3, 0.4) is 0 Å². The van der Waals surface area contributed by atoms with Gasteiger partial charge in [-0.2, -0.15) is 0 Å². The molecule has 0 atom stereocenters. The molecule has 0 N–H and O–H groups in total. The monoisotopic (exact) mass is 703 g/mol. The van der Waals surface area contributed by atoms with Crippen LogP contribution in [0.15, 0.2) is 206 Å². The van der Waals surface area contributed by atoms with Gasteiger partial charge in [0.05, 0.1) is 18.1 Å². The van der Waals surface area contributed by atoms with Gasteiger partial charge in [0.2, 0.25) is 0 Å². The van der Waals surface area contributed by atoms with E-state index in [2.05, 4.69) is 144 Å². The third-order valence-corrected chi connectivity index (χ3v) is 10.2. The van der Waals surface area contributed by atoms with E-state index in [0.717, 1.165) is 60.9 Å². The van der Waals surface area contributed by atoms with Gasteiger partial charge in [-0.1, -0.05) is 182 Å². The maximum atomic E-state index is 10.0. The molecule has 0 aliphatic heterocycles. The molecule has 0 saturated heterocycles. The highest BCUT2D eigenvalue weighted by Crippen LogP contribution is 2.38. The summed E-state index contributed by atoms with van der Waals surface area (Å²) >= 11 is 0. The average Bonchev–Trinajstić information content (AvgIpc) is 3.61. The lowest BCUT2D eigenvalue weighted by atomic mass is 9.98. The Bertz CT molecular complexity index is 2960. The van der Waals surface area contributed by atoms with E-state index in [1.54, 1.807) is 0 Å². The zero-order valence-corrected chi connectivity index (χ0v) is 29.8. The number of hydrogen-bond acceptors (Lipinski definition) is 3. The third-order valence-electron chi connectivity index (χ3n) is 10.2. The van der Waals surface area contributed by atoms with Crippen LogP contribution in [0.1, 0.15) is 1.37 Å². The van der Waals surface area contributed by atoms with E-state index in [0.29, 0.717) is 29.1 Å². The minimum absolute atomic E-state index is 0.336. The molecule has 2 aromatic heterocycles. The molecule has 0 unspecified atom stereocenters. The highest BCUT2D eigenvalue weighted by molar-refractivity contribution is 6.09. The second-order valence-corrected chi connectivity index (χ2v) is 13.6. The van der Waals surface area contributed by atoms with Crippen LogP contribution in [0.4, 0.5) is 0 Å². The fourth-order valence-corrected chi connectivity index (χ4v) is 7.47. The van der Waals surface area contributed by atoms with Crippen molar-refractivity contribution in [2.45, 2.75) is 0 Å². The summed E-state index contributed by atoms with van der Waals surface area (Å²) in [6.45, 7) is 0. The molecule has 0 fully saturated rings. The van der Waals surface area contributed by atoms with Crippen LogP contribution in [-0.4, -0.2) is 19.5 Å². The second-order valence-electron chi connectivity index (χ2n) is 13.6. The number of benzene rings is 8. The van der Waals surface area contributed by atoms with Crippen LogP contribution in [0.25, 0.3) is 95.0 Å². The third kappa shape index (κ3) is 6.06. The molecule has 10 aromatic rings. The van der Waals surface area contributed by atoms with Crippen molar-refractivity contribution in [3.8, 4) is 73.2 Å². The predicted molar refractivity (Wildman–Crippen MR) is 227 cm³/mol. The summed E-state index contributed by atoms with van der Waals surface area (Å²) in [4.78, 5) is 15.2. The van der Waals surface area contributed by atoms with E-state index in [1.165, 1.54) is 11.1 Å². The van der Waals surface area contributed by atoms with Gasteiger partial charge in [-0.05, 0) is 52.1 Å². The minimum Gasteiger partial charge on any atom is -0.309 e. The molecule has 0 aliphatic carbocycles. The van der Waals surface area contributed by atoms with E-state index < -0.39 is 0 Å². The molecule has 0 saturated carbocycles. The van der Waals surface area contributed by atoms with E-state index in [9.17, 15) is 1.37 Å². The number of aromatic nitrogens is 4. The van der Waals surface area contributed by atoms with Gasteiger partial charge in [0.15, 0.2) is 17.5 Å². The van der Waals surface area contributed by atoms with E-state index in [-0.39, 0.29) is 0 Å². The first-order valence-corrected chi connectivity index (χ1v) is 18.5. The van der Waals surface area contributed by atoms with Gasteiger partial charge in [0, 0.05) is 33.0 Å². The number of para-hydroxylation sites is 2. The Labute approximate surface area is 321 Å². The highest BCUT2D eigenvalue weighted by atomic mass is 15.0. The van der Waals surface area contributed by atoms with E-state index in [4.69, 9.17) is 15.0 Å². The standard InChI is InChI=1S/C51H34N4/c1-4-15-35(16-5-1)40-21-14-22-41(33-40)36-27-29-39(30-28-36)50-52-49(38-19-8-3-9-20-38)53-51(54-50)42-31-32-43(37-17-6-2-7-18-37)48(34-42)55-46-25-12-10-23-44(46)45-24-11-13-26-47(45)55/h1-34H/i34D. The number of hydrogen-bond donors (Lipinski definition) is 0. The second kappa shape index (κ2) is 13.8. The normalized spacial score (nSPS) is 11.5. The molecule has 0 amide bonds. The molecule has 0 radical (unpaired) electrons. The quantitative estimate of drug-likeness (QED) is 0.166. The van der Waals surface area contributed by atoms with Gasteiger partial charge in [-0.15, -0.1) is 0 Å². The van der Waals surface area contributed by atoms with Crippen molar-refractivity contribution in [2.75, 3.05) is 0 Å². The average molecular weight is 704 g/mol. The Kier molecular flexibility index (Phi) is 7.84. The first-order chi connectivity index (χ1) is 27.7. The summed E-state index contributed by atoms with van der Waals surface area (Å²) in [5, 5.41) is 2.27. The van der Waals surface area contributed by atoms with Gasteiger partial charge in [0.25, 0.3) is 0 Å². The number of rotatable bonds is 7. The molecule has 258 valence electrons. The van der Waals surface area contributed by atoms with Gasteiger partial charge in [-0.25, -0.2) is 15.0 Å². The fraction of sp³-hybridized carbons (Fsp3) is 0. The summed E-state index contributed by atoms with van der Waals surface area (Å²) in [5.74, 6) is 1.54. The first-order valence-electron chi connectivity index (χ1n) is 19.0. The van der Waals surface area contributed by atoms with Crippen molar-refractivity contribution in [2.24, 2.45) is 0 Å². The Hall–Kier alpha value is -7.43.